The van der Waals surface area contributed by atoms with Gasteiger partial charge in [-0.15, -0.1) is 10.2 Å². The number of rotatable bonds is 3. The molecule has 0 unspecified atom stereocenters. The molecule has 2 rings (SSSR count). The first-order valence-electron chi connectivity index (χ1n) is 5.80. The molecule has 0 saturated heterocycles. The Hall–Kier alpha value is -2.43. The van der Waals surface area contributed by atoms with Gasteiger partial charge in [0, 0.05) is 17.7 Å². The Labute approximate surface area is 110 Å². The van der Waals surface area contributed by atoms with E-state index in [9.17, 15) is 4.79 Å². The topological polar surface area (TPSA) is 76.2 Å². The van der Waals surface area contributed by atoms with E-state index < -0.39 is 5.97 Å². The van der Waals surface area contributed by atoms with Gasteiger partial charge in [-0.3, -0.25) is 0 Å². The fourth-order valence-electron chi connectivity index (χ4n) is 2.06. The molecule has 1 N–H and O–H groups in total. The highest BCUT2D eigenvalue weighted by atomic mass is 16.4. The molecule has 0 saturated carbocycles. The van der Waals surface area contributed by atoms with Gasteiger partial charge in [0.1, 0.15) is 0 Å². The summed E-state index contributed by atoms with van der Waals surface area (Å²) in [6, 6.07) is 4.08. The molecule has 1 aromatic carbocycles. The normalized spacial score (nSPS) is 11.1. The Morgan fingerprint density at radius 2 is 1.84 bits per heavy atom. The number of hydrogen-bond donors (Lipinski definition) is 1. The first kappa shape index (κ1) is 13.0. The van der Waals surface area contributed by atoms with E-state index in [1.807, 2.05) is 32.9 Å². The van der Waals surface area contributed by atoms with Gasteiger partial charge in [0.2, 0.25) is 11.8 Å². The zero-order chi connectivity index (χ0) is 14.0. The molecule has 0 aliphatic carbocycles. The quantitative estimate of drug-likeness (QED) is 0.856. The zero-order valence-corrected chi connectivity index (χ0v) is 11.0. The van der Waals surface area contributed by atoms with Crippen molar-refractivity contribution in [3.8, 4) is 11.5 Å². The smallest absolute Gasteiger partial charge is 0.328 e. The van der Waals surface area contributed by atoms with Crippen molar-refractivity contribution >= 4 is 12.0 Å². The molecule has 0 spiro atoms. The second-order valence-electron chi connectivity index (χ2n) is 4.39. The average molecular weight is 258 g/mol. The molecule has 5 nitrogen and oxygen atoms in total. The van der Waals surface area contributed by atoms with Crippen molar-refractivity contribution in [2.75, 3.05) is 0 Å². The van der Waals surface area contributed by atoms with Gasteiger partial charge >= 0.3 is 5.97 Å². The van der Waals surface area contributed by atoms with E-state index in [1.165, 1.54) is 11.6 Å². The lowest BCUT2D eigenvalue weighted by molar-refractivity contribution is -0.131. The van der Waals surface area contributed by atoms with Gasteiger partial charge in [0.05, 0.1) is 0 Å². The van der Waals surface area contributed by atoms with Crippen molar-refractivity contribution < 1.29 is 14.3 Å². The second kappa shape index (κ2) is 5.06. The Morgan fingerprint density at radius 1 is 1.21 bits per heavy atom. The van der Waals surface area contributed by atoms with Crippen LogP contribution in [0.3, 0.4) is 0 Å². The van der Waals surface area contributed by atoms with Crippen molar-refractivity contribution in [3.63, 3.8) is 0 Å². The Kier molecular flexibility index (Phi) is 3.46. The van der Waals surface area contributed by atoms with Crippen molar-refractivity contribution in [1.82, 2.24) is 10.2 Å². The highest BCUT2D eigenvalue weighted by Gasteiger charge is 2.13. The molecular weight excluding hydrogens is 244 g/mol. The van der Waals surface area contributed by atoms with Crippen LogP contribution in [0, 0.1) is 20.8 Å². The number of nitrogens with zero attached hydrogens (tertiary/aromatic N) is 2. The maximum atomic E-state index is 10.4. The summed E-state index contributed by atoms with van der Waals surface area (Å²) in [6.45, 7) is 5.98. The van der Waals surface area contributed by atoms with Crippen LogP contribution in [0.1, 0.15) is 22.6 Å². The Bertz CT molecular complexity index is 633. The van der Waals surface area contributed by atoms with E-state index in [0.717, 1.165) is 22.8 Å². The Morgan fingerprint density at radius 3 is 2.42 bits per heavy atom. The number of carboxylic acids is 1. The van der Waals surface area contributed by atoms with Crippen LogP contribution in [0.5, 0.6) is 0 Å². The fourth-order valence-corrected chi connectivity index (χ4v) is 2.06. The fraction of sp³-hybridized carbons (Fsp3) is 0.214. The van der Waals surface area contributed by atoms with Gasteiger partial charge < -0.3 is 9.52 Å². The summed E-state index contributed by atoms with van der Waals surface area (Å²) in [5, 5.41) is 16.3. The predicted octanol–water partition coefficient (Wildman–Crippen LogP) is 2.76. The number of hydrogen-bond acceptors (Lipinski definition) is 4. The third-order valence-electron chi connectivity index (χ3n) is 2.70. The first-order valence-corrected chi connectivity index (χ1v) is 5.80. The van der Waals surface area contributed by atoms with Gasteiger partial charge in [-0.2, -0.15) is 0 Å². The highest BCUT2D eigenvalue weighted by Crippen LogP contribution is 2.27. The number of aryl methyl sites for hydroxylation is 3. The van der Waals surface area contributed by atoms with Crippen LogP contribution in [-0.4, -0.2) is 21.3 Å². The van der Waals surface area contributed by atoms with Crippen LogP contribution in [0.4, 0.5) is 0 Å². The third-order valence-corrected chi connectivity index (χ3v) is 2.70. The number of carbonyl (C=O) groups is 1. The number of aromatic nitrogens is 2. The van der Waals surface area contributed by atoms with Crippen LogP contribution in [0.25, 0.3) is 17.5 Å². The molecule has 0 atom stereocenters. The molecule has 98 valence electrons. The summed E-state index contributed by atoms with van der Waals surface area (Å²) in [4.78, 5) is 10.4. The minimum absolute atomic E-state index is 0.178. The van der Waals surface area contributed by atoms with Crippen molar-refractivity contribution in [1.29, 1.82) is 0 Å². The molecule has 0 amide bonds. The van der Waals surface area contributed by atoms with Crippen molar-refractivity contribution in [3.05, 3.63) is 40.8 Å². The molecule has 0 bridgehead atoms. The van der Waals surface area contributed by atoms with Gasteiger partial charge in [0.15, 0.2) is 0 Å². The van der Waals surface area contributed by atoms with E-state index >= 15 is 0 Å². The van der Waals surface area contributed by atoms with Crippen LogP contribution in [0.2, 0.25) is 0 Å². The molecule has 2 aromatic rings. The predicted molar refractivity (Wildman–Crippen MR) is 70.6 cm³/mol. The molecule has 0 radical (unpaired) electrons. The SMILES string of the molecule is Cc1cc(C)c(-c2nnc(/C=C/C(=O)O)o2)c(C)c1. The molecule has 0 aliphatic rings. The third kappa shape index (κ3) is 2.88. The summed E-state index contributed by atoms with van der Waals surface area (Å²) in [5.74, 6) is -0.473. The van der Waals surface area contributed by atoms with Crippen LogP contribution < -0.4 is 0 Å². The molecule has 0 fully saturated rings. The van der Waals surface area contributed by atoms with Gasteiger partial charge in [-0.25, -0.2) is 4.79 Å². The lowest BCUT2D eigenvalue weighted by atomic mass is 10.00. The minimum Gasteiger partial charge on any atom is -0.478 e. The highest BCUT2D eigenvalue weighted by molar-refractivity contribution is 5.84. The van der Waals surface area contributed by atoms with Crippen molar-refractivity contribution in [2.45, 2.75) is 20.8 Å². The summed E-state index contributed by atoms with van der Waals surface area (Å²) in [7, 11) is 0. The monoisotopic (exact) mass is 258 g/mol. The maximum Gasteiger partial charge on any atom is 0.328 e. The van der Waals surface area contributed by atoms with Gasteiger partial charge in [-0.1, -0.05) is 17.7 Å². The zero-order valence-electron chi connectivity index (χ0n) is 11.0. The van der Waals surface area contributed by atoms with E-state index in [-0.39, 0.29) is 5.89 Å². The first-order chi connectivity index (χ1) is 8.97. The van der Waals surface area contributed by atoms with Crippen molar-refractivity contribution in [2.24, 2.45) is 0 Å². The second-order valence-corrected chi connectivity index (χ2v) is 4.39. The summed E-state index contributed by atoms with van der Waals surface area (Å²) >= 11 is 0. The lowest BCUT2D eigenvalue weighted by Gasteiger charge is -2.06. The minimum atomic E-state index is -1.05. The standard InChI is InChI=1S/C14H14N2O3/c1-8-6-9(2)13(10(3)7-8)14-16-15-11(19-14)4-5-12(17)18/h4-7H,1-3H3,(H,17,18)/b5-4+. The van der Waals surface area contributed by atoms with Gasteiger partial charge in [0.25, 0.3) is 0 Å². The molecule has 1 aromatic heterocycles. The largest absolute Gasteiger partial charge is 0.478 e. The van der Waals surface area contributed by atoms with E-state index in [0.29, 0.717) is 5.89 Å². The molecule has 0 aliphatic heterocycles. The summed E-state index contributed by atoms with van der Waals surface area (Å²) in [5.41, 5.74) is 4.17. The summed E-state index contributed by atoms with van der Waals surface area (Å²) < 4.78 is 5.45. The van der Waals surface area contributed by atoms with E-state index in [1.54, 1.807) is 0 Å². The summed E-state index contributed by atoms with van der Waals surface area (Å²) in [6.07, 6.45) is 2.24. The van der Waals surface area contributed by atoms with Gasteiger partial charge in [-0.05, 0) is 31.9 Å². The molecule has 5 heteroatoms. The van der Waals surface area contributed by atoms with Crippen LogP contribution in [-0.2, 0) is 4.79 Å². The lowest BCUT2D eigenvalue weighted by Crippen LogP contribution is -1.90. The number of carboxylic acid groups (broad SMARTS) is 1. The maximum absolute atomic E-state index is 10.4. The Balaban J connectivity index is 2.41. The molecular formula is C14H14N2O3. The number of benzene rings is 1. The molecule has 19 heavy (non-hydrogen) atoms. The molecule has 1 heterocycles. The average Bonchev–Trinajstić information content (AvgIpc) is 2.73. The van der Waals surface area contributed by atoms with Crippen LogP contribution in [0.15, 0.2) is 22.6 Å². The van der Waals surface area contributed by atoms with E-state index in [4.69, 9.17) is 9.52 Å². The van der Waals surface area contributed by atoms with Crippen LogP contribution >= 0.6 is 0 Å². The number of aliphatic carboxylic acids is 1. The van der Waals surface area contributed by atoms with E-state index in [2.05, 4.69) is 10.2 Å².